The second-order valence-electron chi connectivity index (χ2n) is 4.90. The number of rotatable bonds is 1. The molecule has 2 aliphatic rings. The van der Waals surface area contributed by atoms with Crippen LogP contribution in [0.25, 0.3) is 0 Å². The molecule has 1 N–H and O–H groups in total. The lowest BCUT2D eigenvalue weighted by molar-refractivity contribution is 0.340. The third kappa shape index (κ3) is 1.78. The molecule has 2 saturated heterocycles. The van der Waals surface area contributed by atoms with Gasteiger partial charge in [-0.3, -0.25) is 0 Å². The first-order valence-corrected chi connectivity index (χ1v) is 6.11. The van der Waals surface area contributed by atoms with Crippen LogP contribution >= 0.6 is 0 Å². The van der Waals surface area contributed by atoms with E-state index in [1.807, 2.05) is 13.0 Å². The SMILES string of the molecule is Cc1ccc(N2CC3CCCNC3C2)nn1. The number of hydrogen-bond donors (Lipinski definition) is 1. The summed E-state index contributed by atoms with van der Waals surface area (Å²) in [7, 11) is 0. The minimum absolute atomic E-state index is 0.664. The normalized spacial score (nSPS) is 29.2. The van der Waals surface area contributed by atoms with E-state index < -0.39 is 0 Å². The zero-order valence-electron chi connectivity index (χ0n) is 9.69. The van der Waals surface area contributed by atoms with Crippen molar-refractivity contribution in [3.8, 4) is 0 Å². The highest BCUT2D eigenvalue weighted by Gasteiger charge is 2.34. The first-order chi connectivity index (χ1) is 7.83. The van der Waals surface area contributed by atoms with E-state index in [-0.39, 0.29) is 0 Å². The number of aromatic nitrogens is 2. The molecule has 0 aromatic carbocycles. The van der Waals surface area contributed by atoms with Gasteiger partial charge < -0.3 is 10.2 Å². The molecule has 2 atom stereocenters. The van der Waals surface area contributed by atoms with Crippen molar-refractivity contribution in [2.75, 3.05) is 24.5 Å². The molecule has 86 valence electrons. The van der Waals surface area contributed by atoms with E-state index in [1.54, 1.807) is 0 Å². The van der Waals surface area contributed by atoms with Gasteiger partial charge in [-0.05, 0) is 44.4 Å². The molecule has 3 heterocycles. The Morgan fingerprint density at radius 3 is 3.00 bits per heavy atom. The molecule has 4 nitrogen and oxygen atoms in total. The highest BCUT2D eigenvalue weighted by atomic mass is 15.3. The van der Waals surface area contributed by atoms with Crippen LogP contribution in [0.2, 0.25) is 0 Å². The summed E-state index contributed by atoms with van der Waals surface area (Å²) in [5, 5.41) is 12.0. The first-order valence-electron chi connectivity index (χ1n) is 6.11. The van der Waals surface area contributed by atoms with Crippen LogP contribution < -0.4 is 10.2 Å². The van der Waals surface area contributed by atoms with Gasteiger partial charge in [-0.25, -0.2) is 0 Å². The van der Waals surface area contributed by atoms with Crippen LogP contribution in [0.3, 0.4) is 0 Å². The van der Waals surface area contributed by atoms with Crippen molar-refractivity contribution in [2.45, 2.75) is 25.8 Å². The van der Waals surface area contributed by atoms with Crippen molar-refractivity contribution >= 4 is 5.82 Å². The monoisotopic (exact) mass is 218 g/mol. The van der Waals surface area contributed by atoms with Crippen molar-refractivity contribution in [3.63, 3.8) is 0 Å². The van der Waals surface area contributed by atoms with Crippen LogP contribution in [0.15, 0.2) is 12.1 Å². The molecule has 2 aliphatic heterocycles. The summed E-state index contributed by atoms with van der Waals surface area (Å²) in [5.74, 6) is 1.83. The van der Waals surface area contributed by atoms with Gasteiger partial charge >= 0.3 is 0 Å². The molecule has 3 rings (SSSR count). The summed E-state index contributed by atoms with van der Waals surface area (Å²) < 4.78 is 0. The molecule has 2 unspecified atom stereocenters. The van der Waals surface area contributed by atoms with Gasteiger partial charge in [-0.1, -0.05) is 0 Å². The fourth-order valence-corrected chi connectivity index (χ4v) is 2.79. The molecular weight excluding hydrogens is 200 g/mol. The van der Waals surface area contributed by atoms with E-state index in [0.717, 1.165) is 30.5 Å². The molecule has 0 radical (unpaired) electrons. The van der Waals surface area contributed by atoms with Gasteiger partial charge in [0.05, 0.1) is 5.69 Å². The molecule has 1 aromatic heterocycles. The Morgan fingerprint density at radius 1 is 1.31 bits per heavy atom. The molecule has 16 heavy (non-hydrogen) atoms. The van der Waals surface area contributed by atoms with Gasteiger partial charge in [-0.2, -0.15) is 5.10 Å². The largest absolute Gasteiger partial charge is 0.353 e. The summed E-state index contributed by atoms with van der Waals surface area (Å²) in [6, 6.07) is 4.79. The van der Waals surface area contributed by atoms with Crippen molar-refractivity contribution in [1.29, 1.82) is 0 Å². The van der Waals surface area contributed by atoms with Gasteiger partial charge in [0, 0.05) is 19.1 Å². The topological polar surface area (TPSA) is 41.0 Å². The Labute approximate surface area is 96.1 Å². The zero-order valence-corrected chi connectivity index (χ0v) is 9.69. The highest BCUT2D eigenvalue weighted by molar-refractivity contribution is 5.39. The summed E-state index contributed by atoms with van der Waals surface area (Å²) in [6.45, 7) is 5.37. The Hall–Kier alpha value is -1.16. The van der Waals surface area contributed by atoms with Crippen LogP contribution in [0, 0.1) is 12.8 Å². The quantitative estimate of drug-likeness (QED) is 0.762. The van der Waals surface area contributed by atoms with Crippen molar-refractivity contribution in [1.82, 2.24) is 15.5 Å². The molecule has 2 fully saturated rings. The van der Waals surface area contributed by atoms with Crippen LogP contribution in [-0.4, -0.2) is 35.9 Å². The third-order valence-electron chi connectivity index (χ3n) is 3.71. The smallest absolute Gasteiger partial charge is 0.151 e. The van der Waals surface area contributed by atoms with E-state index in [2.05, 4.69) is 26.5 Å². The Kier molecular flexibility index (Phi) is 2.52. The fourth-order valence-electron chi connectivity index (χ4n) is 2.79. The molecule has 4 heteroatoms. The molecule has 0 saturated carbocycles. The average molecular weight is 218 g/mol. The summed E-state index contributed by atoms with van der Waals surface area (Å²) in [6.07, 6.45) is 2.67. The minimum Gasteiger partial charge on any atom is -0.353 e. The van der Waals surface area contributed by atoms with Crippen LogP contribution in [0.4, 0.5) is 5.82 Å². The van der Waals surface area contributed by atoms with Crippen LogP contribution in [0.1, 0.15) is 18.5 Å². The predicted molar refractivity (Wildman–Crippen MR) is 63.5 cm³/mol. The molecule has 0 spiro atoms. The molecule has 0 aliphatic carbocycles. The number of nitrogens with one attached hydrogen (secondary N) is 1. The zero-order chi connectivity index (χ0) is 11.0. The van der Waals surface area contributed by atoms with Gasteiger partial charge in [0.2, 0.25) is 0 Å². The van der Waals surface area contributed by atoms with E-state index >= 15 is 0 Å². The van der Waals surface area contributed by atoms with Crippen LogP contribution in [0.5, 0.6) is 0 Å². The lowest BCUT2D eigenvalue weighted by Gasteiger charge is -2.24. The third-order valence-corrected chi connectivity index (χ3v) is 3.71. The second kappa shape index (κ2) is 4.01. The minimum atomic E-state index is 0.664. The van der Waals surface area contributed by atoms with Gasteiger partial charge in [0.15, 0.2) is 5.82 Å². The average Bonchev–Trinajstić information content (AvgIpc) is 2.73. The highest BCUT2D eigenvalue weighted by Crippen LogP contribution is 2.27. The van der Waals surface area contributed by atoms with E-state index in [4.69, 9.17) is 0 Å². The lowest BCUT2D eigenvalue weighted by Crippen LogP contribution is -2.40. The van der Waals surface area contributed by atoms with E-state index in [9.17, 15) is 0 Å². The summed E-state index contributed by atoms with van der Waals surface area (Å²) >= 11 is 0. The van der Waals surface area contributed by atoms with E-state index in [1.165, 1.54) is 19.4 Å². The van der Waals surface area contributed by atoms with Gasteiger partial charge in [0.1, 0.15) is 0 Å². The summed E-state index contributed by atoms with van der Waals surface area (Å²) in [5.41, 5.74) is 0.985. The summed E-state index contributed by atoms with van der Waals surface area (Å²) in [4.78, 5) is 2.36. The van der Waals surface area contributed by atoms with Crippen molar-refractivity contribution in [3.05, 3.63) is 17.8 Å². The van der Waals surface area contributed by atoms with Gasteiger partial charge in [0.25, 0.3) is 0 Å². The number of hydrogen-bond acceptors (Lipinski definition) is 4. The number of nitrogens with zero attached hydrogens (tertiary/aromatic N) is 3. The van der Waals surface area contributed by atoms with Crippen molar-refractivity contribution in [2.24, 2.45) is 5.92 Å². The number of piperidine rings is 1. The van der Waals surface area contributed by atoms with Gasteiger partial charge in [-0.15, -0.1) is 5.10 Å². The van der Waals surface area contributed by atoms with Crippen molar-refractivity contribution < 1.29 is 0 Å². The Balaban J connectivity index is 1.75. The maximum absolute atomic E-state index is 4.27. The standard InChI is InChI=1S/C12H18N4/c1-9-4-5-12(15-14-9)16-7-10-3-2-6-13-11(10)8-16/h4-5,10-11,13H,2-3,6-8H2,1H3. The van der Waals surface area contributed by atoms with E-state index in [0.29, 0.717) is 6.04 Å². The van der Waals surface area contributed by atoms with Crippen LogP contribution in [-0.2, 0) is 0 Å². The number of fused-ring (bicyclic) bond motifs is 1. The molecule has 0 bridgehead atoms. The predicted octanol–water partition coefficient (Wildman–Crippen LogP) is 0.973. The fraction of sp³-hybridized carbons (Fsp3) is 0.667. The number of anilines is 1. The maximum Gasteiger partial charge on any atom is 0.151 e. The Bertz CT molecular complexity index is 348. The lowest BCUT2D eigenvalue weighted by atomic mass is 9.94. The maximum atomic E-state index is 4.27. The second-order valence-corrected chi connectivity index (χ2v) is 4.90. The number of aryl methyl sites for hydroxylation is 1. The molecule has 1 aromatic rings. The molecular formula is C12H18N4. The Morgan fingerprint density at radius 2 is 2.25 bits per heavy atom. The molecule has 0 amide bonds. The first kappa shape index (κ1) is 10.0.